The van der Waals surface area contributed by atoms with Crippen molar-refractivity contribution in [1.29, 1.82) is 0 Å². The maximum absolute atomic E-state index is 11.3. The molecule has 4 nitrogen and oxygen atoms in total. The van der Waals surface area contributed by atoms with Crippen molar-refractivity contribution >= 4 is 10.1 Å². The Morgan fingerprint density at radius 3 is 2.36 bits per heavy atom. The normalized spacial score (nSPS) is 14.2. The van der Waals surface area contributed by atoms with Gasteiger partial charge in [-0.1, -0.05) is 26.7 Å². The first-order chi connectivity index (χ1) is 6.55. The van der Waals surface area contributed by atoms with Crippen LogP contribution in [0, 0.1) is 0 Å². The fraction of sp³-hybridized carbons (Fsp3) is 1.00. The van der Waals surface area contributed by atoms with Crippen LogP contribution < -0.4 is 5.73 Å². The first-order valence-corrected chi connectivity index (χ1v) is 6.74. The van der Waals surface area contributed by atoms with Gasteiger partial charge < -0.3 is 5.73 Å². The van der Waals surface area contributed by atoms with Crippen LogP contribution in [0.25, 0.3) is 0 Å². The van der Waals surface area contributed by atoms with Crippen molar-refractivity contribution in [2.24, 2.45) is 5.73 Å². The fourth-order valence-electron chi connectivity index (χ4n) is 1.14. The molecule has 1 atom stereocenters. The van der Waals surface area contributed by atoms with Gasteiger partial charge in [-0.05, 0) is 12.8 Å². The van der Waals surface area contributed by atoms with E-state index in [1.54, 1.807) is 0 Å². The van der Waals surface area contributed by atoms with Crippen molar-refractivity contribution < 1.29 is 12.6 Å². The second-order valence-electron chi connectivity index (χ2n) is 3.36. The number of nitrogens with two attached hydrogens (primary N) is 1. The summed E-state index contributed by atoms with van der Waals surface area (Å²) in [7, 11) is -3.35. The van der Waals surface area contributed by atoms with Crippen LogP contribution in [-0.2, 0) is 14.3 Å². The average molecular weight is 223 g/mol. The molecule has 0 aromatic carbocycles. The van der Waals surface area contributed by atoms with Crippen LogP contribution in [0.4, 0.5) is 0 Å². The number of rotatable bonds is 8. The zero-order valence-corrected chi connectivity index (χ0v) is 9.85. The first-order valence-electron chi connectivity index (χ1n) is 5.16. The van der Waals surface area contributed by atoms with Crippen molar-refractivity contribution in [1.82, 2.24) is 0 Å². The molecule has 0 fully saturated rings. The summed E-state index contributed by atoms with van der Waals surface area (Å²) in [6, 6.07) is 0. The monoisotopic (exact) mass is 223 g/mol. The molecule has 0 spiro atoms. The second kappa shape index (κ2) is 7.20. The van der Waals surface area contributed by atoms with E-state index in [9.17, 15) is 8.42 Å². The van der Waals surface area contributed by atoms with Gasteiger partial charge in [-0.3, -0.25) is 4.18 Å². The third kappa shape index (κ3) is 6.34. The highest BCUT2D eigenvalue weighted by Crippen LogP contribution is 2.08. The Morgan fingerprint density at radius 2 is 1.93 bits per heavy atom. The number of unbranched alkanes of at least 4 members (excludes halogenated alkanes) is 1. The van der Waals surface area contributed by atoms with E-state index in [2.05, 4.69) is 0 Å². The summed E-state index contributed by atoms with van der Waals surface area (Å²) < 4.78 is 27.5. The lowest BCUT2D eigenvalue weighted by Crippen LogP contribution is -2.27. The van der Waals surface area contributed by atoms with Crippen LogP contribution in [0.5, 0.6) is 0 Å². The summed E-state index contributed by atoms with van der Waals surface area (Å²) in [4.78, 5) is 0. The minimum absolute atomic E-state index is 0.0790. The van der Waals surface area contributed by atoms with Crippen LogP contribution in [0.15, 0.2) is 0 Å². The molecule has 0 saturated carbocycles. The molecular formula is C9H21NO3S. The Balaban J connectivity index is 4.03. The quantitative estimate of drug-likeness (QED) is 0.629. The maximum atomic E-state index is 11.3. The Hall–Kier alpha value is -0.130. The van der Waals surface area contributed by atoms with Crippen molar-refractivity contribution in [3.63, 3.8) is 0 Å². The summed E-state index contributed by atoms with van der Waals surface area (Å²) >= 11 is 0. The van der Waals surface area contributed by atoms with Gasteiger partial charge in [0.15, 0.2) is 0 Å². The molecule has 0 aliphatic carbocycles. The standard InChI is InChI=1S/C9H21NO3S/c1-3-5-6-9(8-10)13-14(11,12)7-4-2/h9H,3-8,10H2,1-2H3. The highest BCUT2D eigenvalue weighted by molar-refractivity contribution is 7.86. The molecule has 1 unspecified atom stereocenters. The van der Waals surface area contributed by atoms with Gasteiger partial charge in [-0.15, -0.1) is 0 Å². The lowest BCUT2D eigenvalue weighted by atomic mass is 10.2. The van der Waals surface area contributed by atoms with E-state index in [4.69, 9.17) is 9.92 Å². The van der Waals surface area contributed by atoms with E-state index in [0.29, 0.717) is 6.42 Å². The lowest BCUT2D eigenvalue weighted by molar-refractivity contribution is 0.203. The van der Waals surface area contributed by atoms with Gasteiger partial charge in [-0.25, -0.2) is 0 Å². The molecule has 0 radical (unpaired) electrons. The zero-order valence-electron chi connectivity index (χ0n) is 9.03. The van der Waals surface area contributed by atoms with Crippen molar-refractivity contribution in [3.8, 4) is 0 Å². The Kier molecular flexibility index (Phi) is 7.13. The molecule has 0 rings (SSSR count). The third-order valence-corrected chi connectivity index (χ3v) is 3.35. The summed E-state index contributed by atoms with van der Waals surface area (Å²) in [6.45, 7) is 4.13. The molecule has 0 aromatic rings. The van der Waals surface area contributed by atoms with Crippen molar-refractivity contribution in [2.75, 3.05) is 12.3 Å². The lowest BCUT2D eigenvalue weighted by Gasteiger charge is -2.14. The van der Waals surface area contributed by atoms with Crippen LogP contribution >= 0.6 is 0 Å². The maximum Gasteiger partial charge on any atom is 0.267 e. The second-order valence-corrected chi connectivity index (χ2v) is 5.07. The molecule has 0 aromatic heterocycles. The van der Waals surface area contributed by atoms with E-state index < -0.39 is 10.1 Å². The molecule has 0 amide bonds. The van der Waals surface area contributed by atoms with E-state index in [0.717, 1.165) is 19.3 Å². The van der Waals surface area contributed by atoms with Crippen molar-refractivity contribution in [2.45, 2.75) is 45.6 Å². The number of hydrogen-bond donors (Lipinski definition) is 1. The van der Waals surface area contributed by atoms with E-state index in [1.165, 1.54) is 0 Å². The smallest absolute Gasteiger partial charge is 0.267 e. The topological polar surface area (TPSA) is 69.4 Å². The summed E-state index contributed by atoms with van der Waals surface area (Å²) in [6.07, 6.45) is 2.92. The van der Waals surface area contributed by atoms with Gasteiger partial charge in [-0.2, -0.15) is 8.42 Å². The molecule has 0 heterocycles. The van der Waals surface area contributed by atoms with Crippen LogP contribution in [0.2, 0.25) is 0 Å². The van der Waals surface area contributed by atoms with Gasteiger partial charge in [0.2, 0.25) is 0 Å². The molecule has 14 heavy (non-hydrogen) atoms. The summed E-state index contributed by atoms with van der Waals surface area (Å²) in [5.74, 6) is 0.0790. The Morgan fingerprint density at radius 1 is 1.29 bits per heavy atom. The molecule has 0 saturated heterocycles. The highest BCUT2D eigenvalue weighted by Gasteiger charge is 2.16. The molecule has 2 N–H and O–H groups in total. The minimum Gasteiger partial charge on any atom is -0.328 e. The van der Waals surface area contributed by atoms with Crippen LogP contribution in [0.1, 0.15) is 39.5 Å². The molecule has 0 aliphatic heterocycles. The van der Waals surface area contributed by atoms with Gasteiger partial charge in [0, 0.05) is 6.54 Å². The zero-order chi connectivity index (χ0) is 11.0. The Labute approximate surface area is 86.9 Å². The fourth-order valence-corrected chi connectivity index (χ4v) is 2.33. The van der Waals surface area contributed by atoms with Crippen molar-refractivity contribution in [3.05, 3.63) is 0 Å². The molecule has 86 valence electrons. The SMILES string of the molecule is CCCCC(CN)OS(=O)(=O)CCC. The first kappa shape index (κ1) is 13.9. The molecule has 5 heteroatoms. The largest absolute Gasteiger partial charge is 0.328 e. The summed E-state index contributed by atoms with van der Waals surface area (Å²) in [5.41, 5.74) is 5.43. The minimum atomic E-state index is -3.35. The number of hydrogen-bond acceptors (Lipinski definition) is 4. The Bertz CT molecular complexity index is 226. The summed E-state index contributed by atoms with van der Waals surface area (Å²) in [5, 5.41) is 0. The van der Waals surface area contributed by atoms with Crippen LogP contribution in [-0.4, -0.2) is 26.8 Å². The van der Waals surface area contributed by atoms with Gasteiger partial charge in [0.25, 0.3) is 10.1 Å². The van der Waals surface area contributed by atoms with E-state index >= 15 is 0 Å². The third-order valence-electron chi connectivity index (χ3n) is 1.88. The van der Waals surface area contributed by atoms with E-state index in [-0.39, 0.29) is 18.4 Å². The molecule has 0 bridgehead atoms. The van der Waals surface area contributed by atoms with Crippen LogP contribution in [0.3, 0.4) is 0 Å². The molecular weight excluding hydrogens is 202 g/mol. The van der Waals surface area contributed by atoms with Gasteiger partial charge in [0.05, 0.1) is 11.9 Å². The average Bonchev–Trinajstić information content (AvgIpc) is 2.12. The van der Waals surface area contributed by atoms with Gasteiger partial charge >= 0.3 is 0 Å². The van der Waals surface area contributed by atoms with E-state index in [1.807, 2.05) is 13.8 Å². The predicted octanol–water partition coefficient (Wildman–Crippen LogP) is 1.26. The predicted molar refractivity (Wildman–Crippen MR) is 57.5 cm³/mol. The van der Waals surface area contributed by atoms with Gasteiger partial charge in [0.1, 0.15) is 0 Å². The highest BCUT2D eigenvalue weighted by atomic mass is 32.2. The molecule has 0 aliphatic rings.